The molecule has 192 valence electrons. The van der Waals surface area contributed by atoms with E-state index >= 15 is 0 Å². The van der Waals surface area contributed by atoms with Gasteiger partial charge in [0.25, 0.3) is 0 Å². The van der Waals surface area contributed by atoms with E-state index in [1.54, 1.807) is 55.0 Å². The molecule has 3 aromatic carbocycles. The van der Waals surface area contributed by atoms with Crippen LogP contribution in [0.2, 0.25) is 0 Å². The van der Waals surface area contributed by atoms with Crippen LogP contribution in [0.15, 0.2) is 122 Å². The SMILES string of the molecule is O=S([O-])N(c1ccccc1)c1ccc2c(-c3ccncc3)c(-c3ccc(F)cc3)[nH]c2c1C1=CC=CC=CN1. The number of nitrogens with zero attached hydrogens (tertiary/aromatic N) is 2. The molecule has 0 fully saturated rings. The number of aromatic nitrogens is 2. The van der Waals surface area contributed by atoms with E-state index in [1.807, 2.05) is 54.6 Å². The van der Waals surface area contributed by atoms with Crippen LogP contribution in [0, 0.1) is 5.82 Å². The summed E-state index contributed by atoms with van der Waals surface area (Å²) in [5, 5.41) is 4.18. The Kier molecular flexibility index (Phi) is 6.62. The normalized spacial score (nSPS) is 13.5. The number of pyridine rings is 1. The monoisotopic (exact) mass is 533 g/mol. The van der Waals surface area contributed by atoms with E-state index < -0.39 is 11.3 Å². The summed E-state index contributed by atoms with van der Waals surface area (Å²) in [5.74, 6) is -0.328. The van der Waals surface area contributed by atoms with Gasteiger partial charge in [-0.05, 0) is 77.9 Å². The van der Waals surface area contributed by atoms with Crippen molar-refractivity contribution in [2.75, 3.05) is 4.31 Å². The second-order valence-corrected chi connectivity index (χ2v) is 9.62. The van der Waals surface area contributed by atoms with Crippen LogP contribution in [0.3, 0.4) is 0 Å². The summed E-state index contributed by atoms with van der Waals surface area (Å²) in [7, 11) is 0. The first-order chi connectivity index (χ1) is 19.1. The second-order valence-electron chi connectivity index (χ2n) is 8.82. The van der Waals surface area contributed by atoms with Crippen molar-refractivity contribution < 1.29 is 13.2 Å². The molecule has 3 heterocycles. The first-order valence-electron chi connectivity index (χ1n) is 12.2. The number of H-pyrrole nitrogens is 1. The number of benzene rings is 3. The van der Waals surface area contributed by atoms with Crippen LogP contribution in [0.5, 0.6) is 0 Å². The first-order valence-corrected chi connectivity index (χ1v) is 13.2. The van der Waals surface area contributed by atoms with Crippen LogP contribution in [-0.4, -0.2) is 18.7 Å². The number of anilines is 2. The number of halogens is 1. The van der Waals surface area contributed by atoms with Gasteiger partial charge >= 0.3 is 0 Å². The molecule has 0 amide bonds. The maximum atomic E-state index is 13.8. The number of rotatable bonds is 6. The highest BCUT2D eigenvalue weighted by molar-refractivity contribution is 7.81. The molecule has 5 aromatic rings. The molecule has 0 aliphatic carbocycles. The van der Waals surface area contributed by atoms with Crippen molar-refractivity contribution in [2.45, 2.75) is 0 Å². The summed E-state index contributed by atoms with van der Waals surface area (Å²) >= 11 is -2.61. The quantitative estimate of drug-likeness (QED) is 0.231. The van der Waals surface area contributed by atoms with Crippen molar-refractivity contribution >= 4 is 39.2 Å². The molecule has 6 nitrogen and oxygen atoms in total. The maximum absolute atomic E-state index is 13.8. The number of aromatic amines is 1. The predicted octanol–water partition coefficient (Wildman–Crippen LogP) is 6.98. The Balaban J connectivity index is 1.71. The fourth-order valence-electron chi connectivity index (χ4n) is 4.83. The number of allylic oxidation sites excluding steroid dienone is 4. The van der Waals surface area contributed by atoms with Crippen LogP contribution >= 0.6 is 0 Å². The second kappa shape index (κ2) is 10.5. The highest BCUT2D eigenvalue weighted by Gasteiger charge is 2.24. The van der Waals surface area contributed by atoms with E-state index in [4.69, 9.17) is 0 Å². The zero-order valence-electron chi connectivity index (χ0n) is 20.5. The van der Waals surface area contributed by atoms with E-state index in [0.717, 1.165) is 33.3 Å². The average Bonchev–Trinajstić information content (AvgIpc) is 3.14. The lowest BCUT2D eigenvalue weighted by Gasteiger charge is -2.29. The molecule has 1 aliphatic heterocycles. The lowest BCUT2D eigenvalue weighted by molar-refractivity contribution is 0.537. The van der Waals surface area contributed by atoms with Gasteiger partial charge in [-0.2, -0.15) is 0 Å². The molecule has 0 spiro atoms. The molecule has 2 N–H and O–H groups in total. The summed E-state index contributed by atoms with van der Waals surface area (Å²) in [6.45, 7) is 0. The smallest absolute Gasteiger partial charge is 0.123 e. The summed E-state index contributed by atoms with van der Waals surface area (Å²) in [6, 6.07) is 22.8. The lowest BCUT2D eigenvalue weighted by atomic mass is 9.97. The van der Waals surface area contributed by atoms with E-state index in [1.165, 1.54) is 16.4 Å². The number of fused-ring (bicyclic) bond motifs is 1. The van der Waals surface area contributed by atoms with Crippen molar-refractivity contribution in [3.8, 4) is 22.4 Å². The molecule has 0 bridgehead atoms. The molecular weight excluding hydrogens is 511 g/mol. The molecule has 1 atom stereocenters. The van der Waals surface area contributed by atoms with Crippen molar-refractivity contribution in [1.82, 2.24) is 15.3 Å². The molecule has 2 aromatic heterocycles. The fourth-order valence-corrected chi connectivity index (χ4v) is 5.43. The van der Waals surface area contributed by atoms with E-state index in [9.17, 15) is 13.2 Å². The third-order valence-corrected chi connectivity index (χ3v) is 7.21. The van der Waals surface area contributed by atoms with Crippen LogP contribution in [0.4, 0.5) is 15.8 Å². The van der Waals surface area contributed by atoms with Crippen LogP contribution < -0.4 is 9.62 Å². The number of nitrogens with one attached hydrogen (secondary N) is 2. The zero-order valence-corrected chi connectivity index (χ0v) is 21.4. The van der Waals surface area contributed by atoms with Gasteiger partial charge < -0.3 is 14.9 Å². The van der Waals surface area contributed by atoms with Gasteiger partial charge in [-0.15, -0.1) is 0 Å². The summed E-state index contributed by atoms with van der Waals surface area (Å²) in [4.78, 5) is 7.74. The Morgan fingerprint density at radius 2 is 1.59 bits per heavy atom. The van der Waals surface area contributed by atoms with Gasteiger partial charge in [0.1, 0.15) is 5.82 Å². The molecule has 6 rings (SSSR count). The Bertz CT molecular complexity index is 1760. The number of para-hydroxylation sites is 1. The Morgan fingerprint density at radius 3 is 2.33 bits per heavy atom. The van der Waals surface area contributed by atoms with Gasteiger partial charge in [-0.3, -0.25) is 13.5 Å². The Hall–Kier alpha value is -4.79. The molecular formula is C31H22FN4O2S-. The summed E-state index contributed by atoms with van der Waals surface area (Å²) in [5.41, 5.74) is 6.48. The van der Waals surface area contributed by atoms with E-state index in [2.05, 4.69) is 15.3 Å². The summed E-state index contributed by atoms with van der Waals surface area (Å²) in [6.07, 6.45) is 12.8. The zero-order chi connectivity index (χ0) is 26.8. The highest BCUT2D eigenvalue weighted by Crippen LogP contribution is 2.44. The van der Waals surface area contributed by atoms with Gasteiger partial charge in [0.05, 0.1) is 33.9 Å². The van der Waals surface area contributed by atoms with Gasteiger partial charge in [0.15, 0.2) is 0 Å². The van der Waals surface area contributed by atoms with Crippen LogP contribution in [0.1, 0.15) is 5.56 Å². The molecule has 1 aliphatic rings. The number of hydrogen-bond donors (Lipinski definition) is 2. The van der Waals surface area contributed by atoms with Gasteiger partial charge in [-0.25, -0.2) is 4.39 Å². The van der Waals surface area contributed by atoms with Crippen molar-refractivity contribution in [3.63, 3.8) is 0 Å². The third-order valence-electron chi connectivity index (χ3n) is 6.50. The minimum absolute atomic E-state index is 0.328. The first kappa shape index (κ1) is 24.5. The molecule has 8 heteroatoms. The molecule has 39 heavy (non-hydrogen) atoms. The molecule has 0 saturated carbocycles. The molecule has 1 unspecified atom stereocenters. The van der Waals surface area contributed by atoms with Crippen molar-refractivity contribution in [1.29, 1.82) is 0 Å². The minimum atomic E-state index is -2.61. The third kappa shape index (κ3) is 4.67. The fraction of sp³-hybridized carbons (Fsp3) is 0. The molecule has 0 saturated heterocycles. The summed E-state index contributed by atoms with van der Waals surface area (Å²) < 4.78 is 40.5. The Labute approximate surface area is 227 Å². The number of hydrogen-bond acceptors (Lipinski definition) is 4. The van der Waals surface area contributed by atoms with Crippen molar-refractivity contribution in [3.05, 3.63) is 133 Å². The minimum Gasteiger partial charge on any atom is -0.755 e. The average molecular weight is 534 g/mol. The van der Waals surface area contributed by atoms with Gasteiger partial charge in [-0.1, -0.05) is 36.4 Å². The van der Waals surface area contributed by atoms with Crippen LogP contribution in [-0.2, 0) is 11.3 Å². The van der Waals surface area contributed by atoms with Gasteiger partial charge in [0, 0.05) is 40.8 Å². The van der Waals surface area contributed by atoms with Crippen LogP contribution in [0.25, 0.3) is 39.0 Å². The topological polar surface area (TPSA) is 84.1 Å². The van der Waals surface area contributed by atoms with E-state index in [-0.39, 0.29) is 5.82 Å². The molecule has 0 radical (unpaired) electrons. The predicted molar refractivity (Wildman–Crippen MR) is 154 cm³/mol. The Morgan fingerprint density at radius 1 is 0.821 bits per heavy atom. The highest BCUT2D eigenvalue weighted by atomic mass is 32.2. The maximum Gasteiger partial charge on any atom is 0.123 e. The van der Waals surface area contributed by atoms with E-state index in [0.29, 0.717) is 22.6 Å². The van der Waals surface area contributed by atoms with Crippen molar-refractivity contribution in [2.24, 2.45) is 0 Å². The lowest BCUT2D eigenvalue weighted by Crippen LogP contribution is -2.21. The van der Waals surface area contributed by atoms with Gasteiger partial charge in [0.2, 0.25) is 0 Å². The largest absolute Gasteiger partial charge is 0.755 e. The standard InChI is InChI=1S/C31H23FN4O2S/c32-23-12-10-22(11-13-23)30-28(21-16-19-33-20-17-21)25-14-15-27(36(39(37)38)24-7-3-1-4-8-24)29(31(25)35-30)26-9-5-2-6-18-34-26/h1-20,34-35H,(H,37,38)/p-1.